The van der Waals surface area contributed by atoms with Gasteiger partial charge in [-0.1, -0.05) is 0 Å². The first-order valence-corrected chi connectivity index (χ1v) is 8.24. The normalized spacial score (nSPS) is 11.1. The highest BCUT2D eigenvalue weighted by atomic mass is 16.5. The summed E-state index contributed by atoms with van der Waals surface area (Å²) in [6.45, 7) is 0.536. The zero-order chi connectivity index (χ0) is 18.8. The van der Waals surface area contributed by atoms with Crippen molar-refractivity contribution in [2.24, 2.45) is 0 Å². The van der Waals surface area contributed by atoms with Gasteiger partial charge in [0.05, 0.1) is 39.4 Å². The van der Waals surface area contributed by atoms with Gasteiger partial charge in [0.25, 0.3) is 0 Å². The molecule has 1 aromatic heterocycles. The van der Waals surface area contributed by atoms with E-state index in [1.807, 2.05) is 14.1 Å². The SMILES string of the molecule is COc1ccc(OC)c(-c2cc3ccc(O)c(C[NH+](C)C)c3oc2=O)c1. The molecule has 0 aliphatic rings. The fourth-order valence-corrected chi connectivity index (χ4v) is 2.97. The van der Waals surface area contributed by atoms with E-state index in [4.69, 9.17) is 13.9 Å². The highest BCUT2D eigenvalue weighted by molar-refractivity contribution is 5.86. The van der Waals surface area contributed by atoms with Gasteiger partial charge in [-0.2, -0.15) is 0 Å². The lowest BCUT2D eigenvalue weighted by atomic mass is 10.0. The number of hydrogen-bond donors (Lipinski definition) is 2. The van der Waals surface area contributed by atoms with Crippen LogP contribution in [0.4, 0.5) is 0 Å². The van der Waals surface area contributed by atoms with Crippen LogP contribution in [-0.2, 0) is 6.54 Å². The summed E-state index contributed by atoms with van der Waals surface area (Å²) < 4.78 is 16.2. The largest absolute Gasteiger partial charge is 0.507 e. The molecule has 3 aromatic rings. The molecule has 6 nitrogen and oxygen atoms in total. The quantitative estimate of drug-likeness (QED) is 0.683. The number of rotatable bonds is 5. The molecule has 0 fully saturated rings. The van der Waals surface area contributed by atoms with Crippen molar-refractivity contribution < 1.29 is 23.9 Å². The smallest absolute Gasteiger partial charge is 0.344 e. The maximum absolute atomic E-state index is 12.7. The molecule has 0 bridgehead atoms. The Morgan fingerprint density at radius 3 is 2.46 bits per heavy atom. The first-order valence-electron chi connectivity index (χ1n) is 8.24. The Hall–Kier alpha value is -2.99. The Morgan fingerprint density at radius 2 is 1.81 bits per heavy atom. The van der Waals surface area contributed by atoms with Gasteiger partial charge in [-0.15, -0.1) is 0 Å². The van der Waals surface area contributed by atoms with Gasteiger partial charge in [0.1, 0.15) is 23.8 Å². The Balaban J connectivity index is 2.26. The number of methoxy groups -OCH3 is 2. The summed E-state index contributed by atoms with van der Waals surface area (Å²) in [5.41, 5.74) is 1.49. The minimum absolute atomic E-state index is 0.119. The number of hydrogen-bond acceptors (Lipinski definition) is 5. The summed E-state index contributed by atoms with van der Waals surface area (Å²) >= 11 is 0. The van der Waals surface area contributed by atoms with E-state index in [2.05, 4.69) is 0 Å². The molecule has 1 heterocycles. The summed E-state index contributed by atoms with van der Waals surface area (Å²) in [7, 11) is 7.04. The van der Waals surface area contributed by atoms with Gasteiger partial charge in [-0.25, -0.2) is 4.79 Å². The average Bonchev–Trinajstić information content (AvgIpc) is 2.63. The molecule has 0 aliphatic heterocycles. The van der Waals surface area contributed by atoms with Crippen LogP contribution < -0.4 is 20.0 Å². The van der Waals surface area contributed by atoms with E-state index in [1.54, 1.807) is 50.6 Å². The Labute approximate surface area is 151 Å². The molecular weight excluding hydrogens is 334 g/mol. The molecule has 136 valence electrons. The third kappa shape index (κ3) is 3.23. The van der Waals surface area contributed by atoms with Crippen molar-refractivity contribution in [1.29, 1.82) is 0 Å². The van der Waals surface area contributed by atoms with E-state index in [0.29, 0.717) is 40.3 Å². The number of benzene rings is 2. The minimum Gasteiger partial charge on any atom is -0.507 e. The second-order valence-electron chi connectivity index (χ2n) is 6.38. The standard InChI is InChI=1S/C20H21NO5/c1-21(2)11-16-17(22)7-5-12-9-15(20(23)26-19(12)16)14-10-13(24-3)6-8-18(14)25-4/h5-10,22H,11H2,1-4H3/p+1. The van der Waals surface area contributed by atoms with Gasteiger partial charge in [0, 0.05) is 10.9 Å². The third-order valence-corrected chi connectivity index (χ3v) is 4.21. The molecule has 0 saturated carbocycles. The van der Waals surface area contributed by atoms with Crippen LogP contribution >= 0.6 is 0 Å². The first-order chi connectivity index (χ1) is 12.4. The second-order valence-corrected chi connectivity index (χ2v) is 6.38. The topological polar surface area (TPSA) is 73.3 Å². The number of aromatic hydroxyl groups is 1. The lowest BCUT2D eigenvalue weighted by molar-refractivity contribution is -0.872. The van der Waals surface area contributed by atoms with Crippen LogP contribution in [0.1, 0.15) is 5.56 Å². The third-order valence-electron chi connectivity index (χ3n) is 4.21. The molecule has 0 atom stereocenters. The molecule has 2 aromatic carbocycles. The predicted molar refractivity (Wildman–Crippen MR) is 99.2 cm³/mol. The van der Waals surface area contributed by atoms with Crippen LogP contribution in [0.15, 0.2) is 45.6 Å². The van der Waals surface area contributed by atoms with Crippen molar-refractivity contribution in [1.82, 2.24) is 0 Å². The van der Waals surface area contributed by atoms with E-state index >= 15 is 0 Å². The van der Waals surface area contributed by atoms with E-state index < -0.39 is 5.63 Å². The van der Waals surface area contributed by atoms with Crippen molar-refractivity contribution in [2.45, 2.75) is 6.54 Å². The maximum Gasteiger partial charge on any atom is 0.344 e. The maximum atomic E-state index is 12.7. The van der Waals surface area contributed by atoms with Crippen molar-refractivity contribution in [2.75, 3.05) is 28.3 Å². The summed E-state index contributed by atoms with van der Waals surface area (Å²) in [6.07, 6.45) is 0. The number of phenolic OH excluding ortho intramolecular Hbond substituents is 1. The van der Waals surface area contributed by atoms with Gasteiger partial charge in [0.15, 0.2) is 5.58 Å². The second kappa shape index (κ2) is 7.09. The molecule has 0 radical (unpaired) electrons. The zero-order valence-corrected chi connectivity index (χ0v) is 15.3. The lowest BCUT2D eigenvalue weighted by Crippen LogP contribution is -3.04. The van der Waals surface area contributed by atoms with E-state index in [9.17, 15) is 9.90 Å². The number of phenols is 1. The zero-order valence-electron chi connectivity index (χ0n) is 15.3. The highest BCUT2D eigenvalue weighted by Gasteiger charge is 2.18. The van der Waals surface area contributed by atoms with Gasteiger partial charge in [-0.05, 0) is 36.4 Å². The number of ether oxygens (including phenoxy) is 2. The lowest BCUT2D eigenvalue weighted by Gasteiger charge is -2.13. The van der Waals surface area contributed by atoms with Crippen molar-refractivity contribution in [3.8, 4) is 28.4 Å². The Kier molecular flexibility index (Phi) is 4.86. The fraction of sp³-hybridized carbons (Fsp3) is 0.250. The van der Waals surface area contributed by atoms with Gasteiger partial charge in [-0.3, -0.25) is 0 Å². The molecule has 6 heteroatoms. The molecule has 0 amide bonds. The van der Waals surface area contributed by atoms with E-state index in [1.165, 1.54) is 0 Å². The summed E-state index contributed by atoms with van der Waals surface area (Å²) in [5.74, 6) is 1.28. The average molecular weight is 356 g/mol. The van der Waals surface area contributed by atoms with Crippen molar-refractivity contribution >= 4 is 11.0 Å². The molecule has 0 spiro atoms. The van der Waals surface area contributed by atoms with Crippen molar-refractivity contribution in [3.63, 3.8) is 0 Å². The molecular formula is C20H22NO5+. The van der Waals surface area contributed by atoms with Crippen LogP contribution in [0.25, 0.3) is 22.1 Å². The van der Waals surface area contributed by atoms with Gasteiger partial charge < -0.3 is 23.9 Å². The van der Waals surface area contributed by atoms with E-state index in [-0.39, 0.29) is 5.75 Å². The molecule has 2 N–H and O–H groups in total. The first kappa shape index (κ1) is 17.8. The van der Waals surface area contributed by atoms with Crippen LogP contribution in [0.3, 0.4) is 0 Å². The van der Waals surface area contributed by atoms with Gasteiger partial charge >= 0.3 is 5.63 Å². The minimum atomic E-state index is -0.496. The molecule has 0 aliphatic carbocycles. The summed E-state index contributed by atoms with van der Waals surface area (Å²) in [5, 5.41) is 10.9. The van der Waals surface area contributed by atoms with Crippen molar-refractivity contribution in [3.05, 3.63) is 52.4 Å². The molecule has 26 heavy (non-hydrogen) atoms. The molecule has 0 saturated heterocycles. The van der Waals surface area contributed by atoms with E-state index in [0.717, 1.165) is 10.3 Å². The van der Waals surface area contributed by atoms with Crippen LogP contribution in [-0.4, -0.2) is 33.4 Å². The monoisotopic (exact) mass is 356 g/mol. The van der Waals surface area contributed by atoms with Crippen LogP contribution in [0.5, 0.6) is 17.2 Å². The van der Waals surface area contributed by atoms with Crippen LogP contribution in [0.2, 0.25) is 0 Å². The fourth-order valence-electron chi connectivity index (χ4n) is 2.97. The van der Waals surface area contributed by atoms with Gasteiger partial charge in [0.2, 0.25) is 0 Å². The highest BCUT2D eigenvalue weighted by Crippen LogP contribution is 2.34. The molecule has 0 unspecified atom stereocenters. The Bertz CT molecular complexity index is 1010. The van der Waals surface area contributed by atoms with Crippen LogP contribution in [0, 0.1) is 0 Å². The molecule has 3 rings (SSSR count). The number of quaternary nitrogens is 1. The summed E-state index contributed by atoms with van der Waals surface area (Å²) in [6, 6.07) is 10.4. The number of nitrogens with one attached hydrogen (secondary N) is 1. The number of fused-ring (bicyclic) bond motifs is 1. The Morgan fingerprint density at radius 1 is 1.04 bits per heavy atom. The predicted octanol–water partition coefficient (Wildman–Crippen LogP) is 1.83. The summed E-state index contributed by atoms with van der Waals surface area (Å²) in [4.78, 5) is 13.8.